The first-order chi connectivity index (χ1) is 7.47. The zero-order chi connectivity index (χ0) is 12.6. The molecule has 17 heavy (non-hydrogen) atoms. The van der Waals surface area contributed by atoms with Gasteiger partial charge in [-0.15, -0.1) is 0 Å². The van der Waals surface area contributed by atoms with Gasteiger partial charge in [-0.3, -0.25) is 4.79 Å². The predicted octanol–water partition coefficient (Wildman–Crippen LogP) is -1.72. The molecule has 1 heterocycles. The smallest absolute Gasteiger partial charge is 0.545 e. The molecule has 0 saturated carbocycles. The summed E-state index contributed by atoms with van der Waals surface area (Å²) in [5.41, 5.74) is 6.00. The average Bonchev–Trinajstić information content (AvgIpc) is 2.71. The van der Waals surface area contributed by atoms with E-state index in [1.54, 1.807) is 6.20 Å². The zero-order valence-electron chi connectivity index (χ0n) is 8.72. The number of nitrogens with two attached hydrogens (primary N) is 1. The number of aromatic nitrogens is 2. The third-order valence-corrected chi connectivity index (χ3v) is 1.48. The van der Waals surface area contributed by atoms with Crippen molar-refractivity contribution < 1.29 is 42.2 Å². The summed E-state index contributed by atoms with van der Waals surface area (Å²) in [5.74, 6) is -2.23. The van der Waals surface area contributed by atoms with E-state index in [4.69, 9.17) is 20.7 Å². The van der Waals surface area contributed by atoms with Gasteiger partial charge in [-0.25, -0.2) is 4.98 Å². The van der Waals surface area contributed by atoms with Crippen LogP contribution >= 0.6 is 0 Å². The predicted molar refractivity (Wildman–Crippen MR) is 53.1 cm³/mol. The Morgan fingerprint density at radius 3 is 2.53 bits per heavy atom. The average molecular weight is 334 g/mol. The third kappa shape index (κ3) is 9.52. The maximum atomic E-state index is 10.3. The van der Waals surface area contributed by atoms with Crippen molar-refractivity contribution >= 4 is 11.9 Å². The summed E-state index contributed by atoms with van der Waals surface area (Å²) in [7, 11) is 0. The second-order valence-electron chi connectivity index (χ2n) is 2.75. The van der Waals surface area contributed by atoms with Crippen LogP contribution in [0.4, 0.5) is 0 Å². The van der Waals surface area contributed by atoms with E-state index in [-0.39, 0.29) is 28.8 Å². The molecular weight excluding hydrogens is 322 g/mol. The molecule has 0 unspecified atom stereocenters. The van der Waals surface area contributed by atoms with Gasteiger partial charge in [-0.2, -0.15) is 0 Å². The minimum atomic E-state index is -1.23. The number of hydrogen-bond acceptors (Lipinski definition) is 5. The van der Waals surface area contributed by atoms with Crippen LogP contribution in [0.1, 0.15) is 5.69 Å². The molecular formula is C9H12AgN3O4. The van der Waals surface area contributed by atoms with Crippen molar-refractivity contribution in [3.05, 3.63) is 30.9 Å². The maximum Gasteiger partial charge on any atom is 1.00 e. The Morgan fingerprint density at radius 1 is 1.71 bits per heavy atom. The number of aliphatic carboxylic acids is 2. The number of carboxylic acid groups (broad SMARTS) is 2. The first kappa shape index (κ1) is 18.0. The summed E-state index contributed by atoms with van der Waals surface area (Å²) >= 11 is 0. The first-order valence-corrected chi connectivity index (χ1v) is 4.26. The van der Waals surface area contributed by atoms with Crippen LogP contribution in [0.3, 0.4) is 0 Å². The molecule has 1 rings (SSSR count). The van der Waals surface area contributed by atoms with Crippen LogP contribution in [-0.4, -0.2) is 33.1 Å². The first-order valence-electron chi connectivity index (χ1n) is 4.26. The molecule has 0 aliphatic heterocycles. The molecule has 0 saturated heterocycles. The summed E-state index contributed by atoms with van der Waals surface area (Å²) in [5, 5.41) is 17.6. The Hall–Kier alpha value is -1.41. The zero-order valence-corrected chi connectivity index (χ0v) is 10.2. The molecule has 0 bridgehead atoms. The van der Waals surface area contributed by atoms with E-state index in [1.807, 2.05) is 0 Å². The van der Waals surface area contributed by atoms with Crippen LogP contribution in [0.2, 0.25) is 0 Å². The molecule has 0 aliphatic carbocycles. The van der Waals surface area contributed by atoms with Crippen molar-refractivity contribution in [1.82, 2.24) is 9.97 Å². The fraction of sp³-hybridized carbons (Fsp3) is 0.222. The normalized spacial score (nSPS) is 10.2. The molecule has 0 spiro atoms. The number of aromatic amines is 1. The van der Waals surface area contributed by atoms with Gasteiger partial charge in [0, 0.05) is 18.3 Å². The van der Waals surface area contributed by atoms with Gasteiger partial charge in [-0.1, -0.05) is 6.58 Å². The number of hydrogen-bond donors (Lipinski definition) is 3. The standard InChI is InChI=1S/C6H9N3O2.C3H4O2.Ag/c7-5(6(10)11)1-4-2-8-3-9-4;1-2-3(4)5;/h2-3,5H,1,7H2,(H,8,9)(H,10,11);2H,1H2,(H,4,5);/q;;+1/p-1/t5-;;/m0../s1. The fourth-order valence-corrected chi connectivity index (χ4v) is 0.721. The summed E-state index contributed by atoms with van der Waals surface area (Å²) in [6.45, 7) is 2.90. The number of imidazole rings is 1. The maximum absolute atomic E-state index is 10.3. The van der Waals surface area contributed by atoms with E-state index in [2.05, 4.69) is 16.5 Å². The number of carbonyl (C=O) groups excluding carboxylic acids is 1. The molecule has 8 heteroatoms. The van der Waals surface area contributed by atoms with Crippen molar-refractivity contribution in [2.75, 3.05) is 0 Å². The molecule has 0 aromatic carbocycles. The van der Waals surface area contributed by atoms with E-state index in [9.17, 15) is 4.79 Å². The Morgan fingerprint density at radius 2 is 2.24 bits per heavy atom. The van der Waals surface area contributed by atoms with Crippen molar-refractivity contribution in [3.63, 3.8) is 0 Å². The topological polar surface area (TPSA) is 132 Å². The number of carboxylic acids is 2. The molecule has 1 atom stereocenters. The second kappa shape index (κ2) is 9.79. The largest absolute Gasteiger partial charge is 1.00 e. The van der Waals surface area contributed by atoms with Crippen molar-refractivity contribution in [2.24, 2.45) is 5.73 Å². The number of H-pyrrole nitrogens is 1. The van der Waals surface area contributed by atoms with Crippen molar-refractivity contribution in [3.8, 4) is 0 Å². The van der Waals surface area contributed by atoms with E-state index in [0.717, 1.165) is 11.8 Å². The monoisotopic (exact) mass is 333 g/mol. The second-order valence-corrected chi connectivity index (χ2v) is 2.75. The van der Waals surface area contributed by atoms with E-state index >= 15 is 0 Å². The van der Waals surface area contributed by atoms with E-state index < -0.39 is 18.0 Å². The van der Waals surface area contributed by atoms with Crippen LogP contribution in [0.25, 0.3) is 0 Å². The fourth-order valence-electron chi connectivity index (χ4n) is 0.721. The third-order valence-electron chi connectivity index (χ3n) is 1.48. The van der Waals surface area contributed by atoms with Gasteiger partial charge in [0.2, 0.25) is 0 Å². The Kier molecular flexibility index (Phi) is 10.3. The number of carbonyl (C=O) groups is 2. The van der Waals surface area contributed by atoms with Crippen LogP contribution in [0.15, 0.2) is 25.2 Å². The summed E-state index contributed by atoms with van der Waals surface area (Å²) in [4.78, 5) is 25.9. The van der Waals surface area contributed by atoms with E-state index in [0.29, 0.717) is 0 Å². The molecule has 0 aliphatic rings. The summed E-state index contributed by atoms with van der Waals surface area (Å²) in [6, 6.07) is -0.851. The number of nitrogens with one attached hydrogen (secondary N) is 1. The van der Waals surface area contributed by atoms with Gasteiger partial charge in [0.1, 0.15) is 6.04 Å². The molecule has 4 N–H and O–H groups in total. The minimum Gasteiger partial charge on any atom is -0.545 e. The SMILES string of the molecule is C=CC(=O)[O-].N[C@@H](Cc1cnc[nH]1)C(=O)O.[Ag+]. The molecule has 7 nitrogen and oxygen atoms in total. The molecule has 0 radical (unpaired) electrons. The van der Waals surface area contributed by atoms with Crippen LogP contribution in [0, 0.1) is 0 Å². The van der Waals surface area contributed by atoms with Crippen molar-refractivity contribution in [2.45, 2.75) is 12.5 Å². The Bertz CT molecular complexity index is 353. The quantitative estimate of drug-likeness (QED) is 0.443. The Balaban J connectivity index is 0. The summed E-state index contributed by atoms with van der Waals surface area (Å²) in [6.07, 6.45) is 4.06. The molecule has 1 aromatic heterocycles. The van der Waals surface area contributed by atoms with Crippen molar-refractivity contribution in [1.29, 1.82) is 0 Å². The number of nitrogens with zero attached hydrogens (tertiary/aromatic N) is 1. The molecule has 98 valence electrons. The minimum absolute atomic E-state index is 0. The molecule has 0 fully saturated rings. The molecule has 1 aromatic rings. The van der Waals surface area contributed by atoms with Gasteiger partial charge >= 0.3 is 28.3 Å². The molecule has 0 amide bonds. The Labute approximate surface area is 113 Å². The van der Waals surface area contributed by atoms with Gasteiger partial charge in [-0.05, 0) is 6.08 Å². The van der Waals surface area contributed by atoms with Crippen LogP contribution in [0.5, 0.6) is 0 Å². The van der Waals surface area contributed by atoms with Crippen LogP contribution in [-0.2, 0) is 38.4 Å². The van der Waals surface area contributed by atoms with E-state index in [1.165, 1.54) is 6.33 Å². The van der Waals surface area contributed by atoms with Gasteiger partial charge in [0.25, 0.3) is 0 Å². The van der Waals surface area contributed by atoms with Crippen LogP contribution < -0.4 is 10.8 Å². The van der Waals surface area contributed by atoms with Gasteiger partial charge in [0.15, 0.2) is 0 Å². The number of rotatable bonds is 4. The summed E-state index contributed by atoms with van der Waals surface area (Å²) < 4.78 is 0. The van der Waals surface area contributed by atoms with Gasteiger partial charge < -0.3 is 25.7 Å². The van der Waals surface area contributed by atoms with Gasteiger partial charge in [0.05, 0.1) is 12.3 Å².